The standard InChI is InChI=1S/C26H25F2N5O4/c1-32-21-12-16(26(34)35)2-4-20(21)30-24(32)14-33-10-7-18(8-11-33)37-25-6-9-29-23(31-25)15-36-22-5-3-17(27)13-19(22)28/h2-6,9,12-13,18H,7-8,10-11,14-15H2,1H3,(H,34,35). The van der Waals surface area contributed by atoms with Crippen molar-refractivity contribution in [3.05, 3.63) is 77.5 Å². The first kappa shape index (κ1) is 24.6. The van der Waals surface area contributed by atoms with E-state index in [1.807, 2.05) is 11.6 Å². The van der Waals surface area contributed by atoms with Crippen LogP contribution in [0.1, 0.15) is 34.8 Å². The van der Waals surface area contributed by atoms with Crippen LogP contribution in [-0.2, 0) is 20.2 Å². The molecule has 0 saturated carbocycles. The molecule has 192 valence electrons. The lowest BCUT2D eigenvalue weighted by Crippen LogP contribution is -2.38. The second-order valence-electron chi connectivity index (χ2n) is 8.86. The molecule has 0 radical (unpaired) electrons. The van der Waals surface area contributed by atoms with E-state index in [0.29, 0.717) is 18.2 Å². The van der Waals surface area contributed by atoms with E-state index >= 15 is 0 Å². The number of hydrogen-bond acceptors (Lipinski definition) is 7. The molecule has 1 aliphatic heterocycles. The molecule has 9 nitrogen and oxygen atoms in total. The van der Waals surface area contributed by atoms with E-state index in [-0.39, 0.29) is 24.0 Å². The van der Waals surface area contributed by atoms with Crippen LogP contribution in [0.3, 0.4) is 0 Å². The highest BCUT2D eigenvalue weighted by Gasteiger charge is 2.23. The van der Waals surface area contributed by atoms with Crippen LogP contribution in [-0.4, -0.2) is 54.7 Å². The molecule has 11 heteroatoms. The molecule has 0 spiro atoms. The van der Waals surface area contributed by atoms with Gasteiger partial charge in [0.15, 0.2) is 17.4 Å². The van der Waals surface area contributed by atoms with Gasteiger partial charge in [0.1, 0.15) is 24.4 Å². The predicted octanol–water partition coefficient (Wildman–Crippen LogP) is 3.96. The van der Waals surface area contributed by atoms with Gasteiger partial charge >= 0.3 is 5.97 Å². The summed E-state index contributed by atoms with van der Waals surface area (Å²) in [5.74, 6) is -0.894. The van der Waals surface area contributed by atoms with Crippen molar-refractivity contribution in [1.29, 1.82) is 0 Å². The molecule has 5 rings (SSSR count). The summed E-state index contributed by atoms with van der Waals surface area (Å²) in [5, 5.41) is 9.25. The fourth-order valence-electron chi connectivity index (χ4n) is 4.32. The molecule has 0 amide bonds. The maximum Gasteiger partial charge on any atom is 0.335 e. The number of aromatic carboxylic acids is 1. The van der Waals surface area contributed by atoms with E-state index in [1.165, 1.54) is 6.07 Å². The Labute approximate surface area is 211 Å². The molecule has 4 aromatic rings. The van der Waals surface area contributed by atoms with Crippen molar-refractivity contribution in [3.8, 4) is 11.6 Å². The number of ether oxygens (including phenoxy) is 2. The SMILES string of the molecule is Cn1c(CN2CCC(Oc3ccnc(COc4ccc(F)cc4F)n3)CC2)nc2ccc(C(=O)O)cc21. The molecule has 2 aromatic heterocycles. The van der Waals surface area contributed by atoms with Gasteiger partial charge in [-0.1, -0.05) is 0 Å². The Hall–Kier alpha value is -4.12. The van der Waals surface area contributed by atoms with Crippen LogP contribution in [0.15, 0.2) is 48.7 Å². The number of aryl methyl sites for hydroxylation is 1. The van der Waals surface area contributed by atoms with Crippen molar-refractivity contribution >= 4 is 17.0 Å². The highest BCUT2D eigenvalue weighted by Crippen LogP contribution is 2.22. The van der Waals surface area contributed by atoms with Gasteiger partial charge in [0.2, 0.25) is 5.88 Å². The van der Waals surface area contributed by atoms with Crippen molar-refractivity contribution in [1.82, 2.24) is 24.4 Å². The van der Waals surface area contributed by atoms with Gasteiger partial charge in [0.05, 0.1) is 23.1 Å². The number of piperidine rings is 1. The third-order valence-corrected chi connectivity index (χ3v) is 6.34. The molecule has 1 aliphatic rings. The predicted molar refractivity (Wildman–Crippen MR) is 129 cm³/mol. The first-order valence-electron chi connectivity index (χ1n) is 11.8. The summed E-state index contributed by atoms with van der Waals surface area (Å²) in [4.78, 5) is 26.7. The molecule has 3 heterocycles. The van der Waals surface area contributed by atoms with Gasteiger partial charge in [-0.2, -0.15) is 4.98 Å². The second-order valence-corrected chi connectivity index (χ2v) is 8.86. The number of imidazole rings is 1. The van der Waals surface area contributed by atoms with E-state index in [1.54, 1.807) is 30.5 Å². The summed E-state index contributed by atoms with van der Waals surface area (Å²) in [6.45, 7) is 2.18. The van der Waals surface area contributed by atoms with Crippen LogP contribution < -0.4 is 9.47 Å². The fourth-order valence-corrected chi connectivity index (χ4v) is 4.32. The molecule has 1 N–H and O–H groups in total. The molecule has 2 aromatic carbocycles. The summed E-state index contributed by atoms with van der Waals surface area (Å²) >= 11 is 0. The first-order chi connectivity index (χ1) is 17.9. The minimum absolute atomic E-state index is 0.0203. The normalized spacial score (nSPS) is 14.7. The number of halogens is 2. The summed E-state index contributed by atoms with van der Waals surface area (Å²) in [5.41, 5.74) is 1.80. The number of fused-ring (bicyclic) bond motifs is 1. The quantitative estimate of drug-likeness (QED) is 0.381. The fraction of sp³-hybridized carbons (Fsp3) is 0.308. The molecular formula is C26H25F2N5O4. The van der Waals surface area contributed by atoms with Crippen LogP contribution in [0.4, 0.5) is 8.78 Å². The lowest BCUT2D eigenvalue weighted by molar-refractivity contribution is 0.0697. The lowest BCUT2D eigenvalue weighted by Gasteiger charge is -2.31. The van der Waals surface area contributed by atoms with Crippen molar-refractivity contribution in [2.45, 2.75) is 32.1 Å². The monoisotopic (exact) mass is 509 g/mol. The maximum absolute atomic E-state index is 13.8. The van der Waals surface area contributed by atoms with Crippen molar-refractivity contribution in [3.63, 3.8) is 0 Å². The number of nitrogens with zero attached hydrogens (tertiary/aromatic N) is 5. The highest BCUT2D eigenvalue weighted by atomic mass is 19.1. The zero-order chi connectivity index (χ0) is 25.9. The number of benzene rings is 2. The number of carbonyl (C=O) groups is 1. The smallest absolute Gasteiger partial charge is 0.335 e. The van der Waals surface area contributed by atoms with Gasteiger partial charge in [-0.25, -0.2) is 23.5 Å². The van der Waals surface area contributed by atoms with Crippen LogP contribution in [0.2, 0.25) is 0 Å². The average molecular weight is 510 g/mol. The molecule has 1 saturated heterocycles. The van der Waals surface area contributed by atoms with E-state index in [2.05, 4.69) is 19.9 Å². The van der Waals surface area contributed by atoms with E-state index in [4.69, 9.17) is 9.47 Å². The van der Waals surface area contributed by atoms with Crippen LogP contribution >= 0.6 is 0 Å². The Morgan fingerprint density at radius 1 is 1.11 bits per heavy atom. The van der Waals surface area contributed by atoms with Crippen molar-refractivity contribution in [2.75, 3.05) is 13.1 Å². The number of carboxylic acids is 1. The topological polar surface area (TPSA) is 103 Å². The van der Waals surface area contributed by atoms with Gasteiger partial charge in [-0.15, -0.1) is 0 Å². The van der Waals surface area contributed by atoms with Crippen LogP contribution in [0, 0.1) is 11.6 Å². The molecule has 0 bridgehead atoms. The maximum atomic E-state index is 13.8. The molecule has 0 atom stereocenters. The Morgan fingerprint density at radius 3 is 2.68 bits per heavy atom. The Balaban J connectivity index is 1.15. The van der Waals surface area contributed by atoms with Gasteiger partial charge < -0.3 is 19.1 Å². The Kier molecular flexibility index (Phi) is 6.95. The van der Waals surface area contributed by atoms with Crippen LogP contribution in [0.25, 0.3) is 11.0 Å². The summed E-state index contributed by atoms with van der Waals surface area (Å²) in [7, 11) is 1.90. The van der Waals surface area contributed by atoms with Gasteiger partial charge in [-0.05, 0) is 43.2 Å². The van der Waals surface area contributed by atoms with Gasteiger partial charge in [0, 0.05) is 38.5 Å². The highest BCUT2D eigenvalue weighted by molar-refractivity contribution is 5.92. The van der Waals surface area contributed by atoms with E-state index in [9.17, 15) is 18.7 Å². The minimum atomic E-state index is -0.961. The van der Waals surface area contributed by atoms with Crippen molar-refractivity contribution in [2.24, 2.45) is 7.05 Å². The molecule has 0 aliphatic carbocycles. The number of likely N-dealkylation sites (tertiary alicyclic amines) is 1. The second kappa shape index (κ2) is 10.5. The first-order valence-corrected chi connectivity index (χ1v) is 11.8. The average Bonchev–Trinajstić information content (AvgIpc) is 3.19. The lowest BCUT2D eigenvalue weighted by atomic mass is 10.1. The van der Waals surface area contributed by atoms with Gasteiger partial charge in [-0.3, -0.25) is 4.90 Å². The zero-order valence-corrected chi connectivity index (χ0v) is 20.1. The number of aromatic nitrogens is 4. The largest absolute Gasteiger partial charge is 0.483 e. The van der Waals surface area contributed by atoms with E-state index in [0.717, 1.165) is 54.9 Å². The number of hydrogen-bond donors (Lipinski definition) is 1. The summed E-state index contributed by atoms with van der Waals surface area (Å²) in [6.07, 6.45) is 3.12. The van der Waals surface area contributed by atoms with Crippen molar-refractivity contribution < 1.29 is 28.2 Å². The summed E-state index contributed by atoms with van der Waals surface area (Å²) < 4.78 is 40.2. The summed E-state index contributed by atoms with van der Waals surface area (Å²) in [6, 6.07) is 9.71. The molecule has 37 heavy (non-hydrogen) atoms. The van der Waals surface area contributed by atoms with Crippen LogP contribution in [0.5, 0.6) is 11.6 Å². The Bertz CT molecular complexity index is 1440. The number of carboxylic acid groups (broad SMARTS) is 1. The molecular weight excluding hydrogens is 484 g/mol. The third kappa shape index (κ3) is 5.67. The number of rotatable bonds is 8. The minimum Gasteiger partial charge on any atom is -0.483 e. The third-order valence-electron chi connectivity index (χ3n) is 6.34. The molecule has 0 unspecified atom stereocenters. The van der Waals surface area contributed by atoms with E-state index < -0.39 is 17.6 Å². The Morgan fingerprint density at radius 2 is 1.92 bits per heavy atom. The zero-order valence-electron chi connectivity index (χ0n) is 20.1. The van der Waals surface area contributed by atoms with Gasteiger partial charge in [0.25, 0.3) is 0 Å². The molecule has 1 fully saturated rings.